The lowest BCUT2D eigenvalue weighted by Gasteiger charge is -2.18. The van der Waals surface area contributed by atoms with Crippen LogP contribution in [0.15, 0.2) is 54.7 Å². The van der Waals surface area contributed by atoms with E-state index in [1.807, 2.05) is 24.4 Å². The van der Waals surface area contributed by atoms with E-state index in [4.69, 9.17) is 0 Å². The van der Waals surface area contributed by atoms with Crippen molar-refractivity contribution in [3.05, 3.63) is 54.7 Å². The predicted molar refractivity (Wildman–Crippen MR) is 79.5 cm³/mol. The van der Waals surface area contributed by atoms with E-state index in [0.717, 1.165) is 25.5 Å². The molecule has 2 aromatic rings. The summed E-state index contributed by atoms with van der Waals surface area (Å²) in [6.45, 7) is 3.28. The molecule has 0 radical (unpaired) electrons. The van der Waals surface area contributed by atoms with Crippen LogP contribution in [-0.2, 0) is 0 Å². The third-order valence-corrected chi connectivity index (χ3v) is 3.64. The van der Waals surface area contributed by atoms with Gasteiger partial charge in [0.15, 0.2) is 0 Å². The molecule has 2 heterocycles. The molecule has 1 aromatic heterocycles. The maximum absolute atomic E-state index is 4.29. The minimum atomic E-state index is 0.696. The molecule has 3 heteroatoms. The van der Waals surface area contributed by atoms with Crippen molar-refractivity contribution in [3.63, 3.8) is 0 Å². The van der Waals surface area contributed by atoms with E-state index >= 15 is 0 Å². The van der Waals surface area contributed by atoms with Crippen molar-refractivity contribution in [1.82, 2.24) is 4.98 Å². The first-order chi connectivity index (χ1) is 9.42. The molecule has 0 spiro atoms. The van der Waals surface area contributed by atoms with Crippen LogP contribution in [0.25, 0.3) is 0 Å². The molecule has 0 bridgehead atoms. The summed E-state index contributed by atoms with van der Waals surface area (Å²) < 4.78 is 0. The minimum Gasteiger partial charge on any atom is -0.371 e. The van der Waals surface area contributed by atoms with Gasteiger partial charge < -0.3 is 10.2 Å². The van der Waals surface area contributed by atoms with E-state index in [9.17, 15) is 0 Å². The number of benzene rings is 1. The highest BCUT2D eigenvalue weighted by atomic mass is 15.2. The van der Waals surface area contributed by atoms with Crippen LogP contribution in [-0.4, -0.2) is 24.6 Å². The summed E-state index contributed by atoms with van der Waals surface area (Å²) in [5.41, 5.74) is 1.34. The number of hydrogen-bond donors (Lipinski definition) is 1. The summed E-state index contributed by atoms with van der Waals surface area (Å²) in [5.74, 6) is 1.67. The van der Waals surface area contributed by atoms with Crippen LogP contribution in [0, 0.1) is 5.92 Å². The molecule has 0 saturated carbocycles. The van der Waals surface area contributed by atoms with Gasteiger partial charge in [-0.3, -0.25) is 0 Å². The quantitative estimate of drug-likeness (QED) is 0.908. The van der Waals surface area contributed by atoms with Crippen LogP contribution < -0.4 is 10.2 Å². The third-order valence-electron chi connectivity index (χ3n) is 3.64. The zero-order valence-electron chi connectivity index (χ0n) is 11.0. The average Bonchev–Trinajstić information content (AvgIpc) is 2.96. The number of pyridine rings is 1. The van der Waals surface area contributed by atoms with Gasteiger partial charge in [-0.05, 0) is 36.6 Å². The van der Waals surface area contributed by atoms with Crippen molar-refractivity contribution < 1.29 is 0 Å². The van der Waals surface area contributed by atoms with Gasteiger partial charge in [0.05, 0.1) is 0 Å². The predicted octanol–water partition coefficient (Wildman–Crippen LogP) is 3.02. The van der Waals surface area contributed by atoms with Gasteiger partial charge in [-0.1, -0.05) is 24.3 Å². The number of nitrogens with one attached hydrogen (secondary N) is 1. The largest absolute Gasteiger partial charge is 0.371 e. The number of hydrogen-bond acceptors (Lipinski definition) is 3. The molecule has 0 amide bonds. The van der Waals surface area contributed by atoms with E-state index < -0.39 is 0 Å². The highest BCUT2D eigenvalue weighted by molar-refractivity contribution is 5.47. The van der Waals surface area contributed by atoms with Crippen molar-refractivity contribution in [2.45, 2.75) is 6.42 Å². The zero-order valence-corrected chi connectivity index (χ0v) is 11.0. The Morgan fingerprint density at radius 1 is 1.11 bits per heavy atom. The third kappa shape index (κ3) is 3.05. The summed E-state index contributed by atoms with van der Waals surface area (Å²) >= 11 is 0. The summed E-state index contributed by atoms with van der Waals surface area (Å²) in [7, 11) is 0. The van der Waals surface area contributed by atoms with Gasteiger partial charge in [-0.25, -0.2) is 4.98 Å². The molecule has 1 aliphatic rings. The molecule has 0 aliphatic carbocycles. The van der Waals surface area contributed by atoms with E-state index in [-0.39, 0.29) is 0 Å². The van der Waals surface area contributed by atoms with Crippen molar-refractivity contribution in [2.24, 2.45) is 5.92 Å². The summed E-state index contributed by atoms with van der Waals surface area (Å²) in [4.78, 5) is 6.76. The number of nitrogens with zero attached hydrogens (tertiary/aromatic N) is 2. The van der Waals surface area contributed by atoms with Crippen molar-refractivity contribution >= 4 is 11.5 Å². The number of rotatable bonds is 4. The Bertz CT molecular complexity index is 498. The van der Waals surface area contributed by atoms with Gasteiger partial charge >= 0.3 is 0 Å². The Labute approximate surface area is 114 Å². The summed E-state index contributed by atoms with van der Waals surface area (Å²) in [6, 6.07) is 16.6. The fourth-order valence-corrected chi connectivity index (χ4v) is 2.59. The van der Waals surface area contributed by atoms with Crippen LogP contribution >= 0.6 is 0 Å². The first-order valence-electron chi connectivity index (χ1n) is 6.87. The fraction of sp³-hybridized carbons (Fsp3) is 0.312. The number of para-hydroxylation sites is 1. The Kier molecular flexibility index (Phi) is 3.63. The summed E-state index contributed by atoms with van der Waals surface area (Å²) in [5, 5.41) is 3.42. The van der Waals surface area contributed by atoms with Gasteiger partial charge in [0.1, 0.15) is 5.82 Å². The number of aromatic nitrogens is 1. The van der Waals surface area contributed by atoms with Crippen LogP contribution in [0.1, 0.15) is 6.42 Å². The van der Waals surface area contributed by atoms with Gasteiger partial charge in [-0.15, -0.1) is 0 Å². The van der Waals surface area contributed by atoms with Crippen LogP contribution in [0.3, 0.4) is 0 Å². The van der Waals surface area contributed by atoms with E-state index in [0.29, 0.717) is 5.92 Å². The lowest BCUT2D eigenvalue weighted by Crippen LogP contribution is -2.22. The van der Waals surface area contributed by atoms with E-state index in [2.05, 4.69) is 45.5 Å². The first-order valence-corrected chi connectivity index (χ1v) is 6.87. The molecule has 3 rings (SSSR count). The van der Waals surface area contributed by atoms with Crippen LogP contribution in [0.2, 0.25) is 0 Å². The number of anilines is 2. The molecule has 98 valence electrons. The molecule has 1 aliphatic heterocycles. The molecular weight excluding hydrogens is 234 g/mol. The lowest BCUT2D eigenvalue weighted by atomic mass is 10.1. The first kappa shape index (κ1) is 12.0. The molecular formula is C16H19N3. The SMILES string of the molecule is c1ccc(N2CCC(CNc3ccccn3)C2)cc1. The molecule has 1 saturated heterocycles. The van der Waals surface area contributed by atoms with Gasteiger partial charge in [0.25, 0.3) is 0 Å². The Balaban J connectivity index is 1.52. The van der Waals surface area contributed by atoms with Crippen molar-refractivity contribution in [3.8, 4) is 0 Å². The van der Waals surface area contributed by atoms with Crippen molar-refractivity contribution in [2.75, 3.05) is 29.9 Å². The second-order valence-electron chi connectivity index (χ2n) is 5.03. The smallest absolute Gasteiger partial charge is 0.125 e. The standard InChI is InChI=1S/C16H19N3/c1-2-6-15(7-3-1)19-11-9-14(13-19)12-18-16-8-4-5-10-17-16/h1-8,10,14H,9,11-13H2,(H,17,18). The van der Waals surface area contributed by atoms with Gasteiger partial charge in [-0.2, -0.15) is 0 Å². The monoisotopic (exact) mass is 253 g/mol. The van der Waals surface area contributed by atoms with Crippen LogP contribution in [0.5, 0.6) is 0 Å². The second kappa shape index (κ2) is 5.74. The molecule has 1 aromatic carbocycles. The molecule has 3 nitrogen and oxygen atoms in total. The maximum atomic E-state index is 4.29. The topological polar surface area (TPSA) is 28.2 Å². The van der Waals surface area contributed by atoms with Crippen molar-refractivity contribution in [1.29, 1.82) is 0 Å². The van der Waals surface area contributed by atoms with Gasteiger partial charge in [0.2, 0.25) is 0 Å². The Morgan fingerprint density at radius 3 is 2.74 bits per heavy atom. The Hall–Kier alpha value is -2.03. The van der Waals surface area contributed by atoms with Gasteiger partial charge in [0, 0.05) is 31.5 Å². The minimum absolute atomic E-state index is 0.696. The van der Waals surface area contributed by atoms with E-state index in [1.165, 1.54) is 12.1 Å². The molecule has 1 atom stereocenters. The normalized spacial score (nSPS) is 18.5. The Morgan fingerprint density at radius 2 is 1.95 bits per heavy atom. The second-order valence-corrected chi connectivity index (χ2v) is 5.03. The molecule has 1 unspecified atom stereocenters. The average molecular weight is 253 g/mol. The molecule has 1 fully saturated rings. The highest BCUT2D eigenvalue weighted by Crippen LogP contribution is 2.23. The van der Waals surface area contributed by atoms with E-state index in [1.54, 1.807) is 0 Å². The lowest BCUT2D eigenvalue weighted by molar-refractivity contribution is 0.621. The fourth-order valence-electron chi connectivity index (χ4n) is 2.59. The molecule has 1 N–H and O–H groups in total. The maximum Gasteiger partial charge on any atom is 0.125 e. The molecule has 19 heavy (non-hydrogen) atoms. The summed E-state index contributed by atoms with van der Waals surface area (Å²) in [6.07, 6.45) is 3.07. The zero-order chi connectivity index (χ0) is 12.9. The van der Waals surface area contributed by atoms with Crippen LogP contribution in [0.4, 0.5) is 11.5 Å². The highest BCUT2D eigenvalue weighted by Gasteiger charge is 2.22.